The van der Waals surface area contributed by atoms with Crippen molar-refractivity contribution in [3.05, 3.63) is 34.4 Å². The van der Waals surface area contributed by atoms with Gasteiger partial charge in [0.2, 0.25) is 5.91 Å². The molecule has 3 aliphatic rings. The summed E-state index contributed by atoms with van der Waals surface area (Å²) >= 11 is 0. The summed E-state index contributed by atoms with van der Waals surface area (Å²) in [7, 11) is 0. The molecule has 1 amide bonds. The number of nitro groups is 1. The molecule has 2 aliphatic heterocycles. The molecule has 1 aliphatic carbocycles. The van der Waals surface area contributed by atoms with Crippen LogP contribution in [0, 0.1) is 16.0 Å². The van der Waals surface area contributed by atoms with Crippen molar-refractivity contribution in [2.75, 3.05) is 6.54 Å². The van der Waals surface area contributed by atoms with Crippen molar-refractivity contribution >= 4 is 17.7 Å². The van der Waals surface area contributed by atoms with Crippen LogP contribution in [0.4, 0.5) is 10.5 Å². The Labute approximate surface area is 162 Å². The predicted octanol–water partition coefficient (Wildman–Crippen LogP) is 3.82. The van der Waals surface area contributed by atoms with E-state index in [1.54, 1.807) is 0 Å². The third-order valence-corrected chi connectivity index (χ3v) is 6.49. The highest BCUT2D eigenvalue weighted by Gasteiger charge is 2.53. The minimum atomic E-state index is -0.789. The van der Waals surface area contributed by atoms with Crippen LogP contribution in [-0.2, 0) is 9.53 Å². The van der Waals surface area contributed by atoms with E-state index in [0.717, 1.165) is 51.5 Å². The molecule has 8 nitrogen and oxygen atoms in total. The van der Waals surface area contributed by atoms with Gasteiger partial charge in [0.15, 0.2) is 0 Å². The van der Waals surface area contributed by atoms with Crippen LogP contribution in [0.3, 0.4) is 0 Å². The number of hydrogen-bond acceptors (Lipinski definition) is 6. The summed E-state index contributed by atoms with van der Waals surface area (Å²) in [6.07, 6.45) is 5.90. The summed E-state index contributed by atoms with van der Waals surface area (Å²) in [6.45, 7) is 0.850. The molecule has 0 unspecified atom stereocenters. The molecule has 2 heterocycles. The van der Waals surface area contributed by atoms with E-state index in [-0.39, 0.29) is 29.0 Å². The van der Waals surface area contributed by atoms with Gasteiger partial charge in [-0.3, -0.25) is 14.9 Å². The van der Waals surface area contributed by atoms with Crippen molar-refractivity contribution < 1.29 is 24.0 Å². The smallest absolute Gasteiger partial charge is 0.431 e. The second-order valence-corrected chi connectivity index (χ2v) is 7.96. The van der Waals surface area contributed by atoms with Crippen LogP contribution < -0.4 is 4.74 Å². The van der Waals surface area contributed by atoms with Crippen molar-refractivity contribution in [2.24, 2.45) is 5.92 Å². The first-order chi connectivity index (χ1) is 13.5. The summed E-state index contributed by atoms with van der Waals surface area (Å²) in [5.74, 6) is 0.842. The number of amides is 1. The fourth-order valence-corrected chi connectivity index (χ4v) is 5.25. The molecule has 1 saturated carbocycles. The normalized spacial score (nSPS) is 29.4. The van der Waals surface area contributed by atoms with E-state index in [2.05, 4.69) is 4.90 Å². The Balaban J connectivity index is 1.37. The third kappa shape index (κ3) is 3.43. The Morgan fingerprint density at radius 2 is 1.96 bits per heavy atom. The van der Waals surface area contributed by atoms with Crippen LogP contribution in [0.2, 0.25) is 0 Å². The molecule has 8 heteroatoms. The number of ether oxygens (including phenoxy) is 2. The number of carbonyl (C=O) groups is 2. The summed E-state index contributed by atoms with van der Waals surface area (Å²) in [5, 5.41) is 10.7. The van der Waals surface area contributed by atoms with Gasteiger partial charge in [0, 0.05) is 30.6 Å². The van der Waals surface area contributed by atoms with Gasteiger partial charge in [-0.1, -0.05) is 0 Å². The maximum atomic E-state index is 12.5. The van der Waals surface area contributed by atoms with Gasteiger partial charge in [-0.15, -0.1) is 0 Å². The number of nitro benzene ring substituents is 1. The largest absolute Gasteiger partial charge is 0.514 e. The molecule has 2 saturated heterocycles. The van der Waals surface area contributed by atoms with Crippen LogP contribution >= 0.6 is 0 Å². The van der Waals surface area contributed by atoms with E-state index in [4.69, 9.17) is 9.47 Å². The molecule has 4 rings (SSSR count). The maximum Gasteiger partial charge on any atom is 0.514 e. The van der Waals surface area contributed by atoms with Gasteiger partial charge in [-0.2, -0.15) is 0 Å². The lowest BCUT2D eigenvalue weighted by atomic mass is 9.69. The number of rotatable bonds is 3. The molecule has 0 bridgehead atoms. The highest BCUT2D eigenvalue weighted by atomic mass is 16.7. The lowest BCUT2D eigenvalue weighted by molar-refractivity contribution is -0.384. The number of benzene rings is 1. The molecule has 1 spiro atoms. The molecule has 28 heavy (non-hydrogen) atoms. The molecule has 0 radical (unpaired) electrons. The second kappa shape index (κ2) is 7.41. The highest BCUT2D eigenvalue weighted by Crippen LogP contribution is 2.49. The molecule has 3 fully saturated rings. The lowest BCUT2D eigenvalue weighted by Gasteiger charge is -2.48. The Kier molecular flexibility index (Phi) is 4.95. The van der Waals surface area contributed by atoms with E-state index in [1.165, 1.54) is 24.3 Å². The zero-order valence-electron chi connectivity index (χ0n) is 15.7. The van der Waals surface area contributed by atoms with Crippen molar-refractivity contribution in [1.29, 1.82) is 0 Å². The van der Waals surface area contributed by atoms with Gasteiger partial charge in [0.05, 0.1) is 4.92 Å². The van der Waals surface area contributed by atoms with E-state index in [9.17, 15) is 19.7 Å². The van der Waals surface area contributed by atoms with E-state index >= 15 is 0 Å². The molecule has 1 aromatic carbocycles. The minimum Gasteiger partial charge on any atom is -0.431 e. The standard InChI is InChI=1S/C20H24N2O6/c23-18-4-1-3-14-13-17(9-11-20(14)10-2-12-21(18)20)28-19(24)27-16-7-5-15(6-8-16)22(25)26/h5-8,14,17H,1-4,9-13H2/t14-,17-,20+/m0/s1. The van der Waals surface area contributed by atoms with Crippen LogP contribution in [0.5, 0.6) is 5.75 Å². The molecule has 0 N–H and O–H groups in total. The molecule has 3 atom stereocenters. The quantitative estimate of drug-likeness (QED) is 0.338. The second-order valence-electron chi connectivity index (χ2n) is 7.96. The summed E-state index contributed by atoms with van der Waals surface area (Å²) in [6, 6.07) is 5.32. The fraction of sp³-hybridized carbons (Fsp3) is 0.600. The Hall–Kier alpha value is -2.64. The number of hydrogen-bond donors (Lipinski definition) is 0. The summed E-state index contributed by atoms with van der Waals surface area (Å²) in [4.78, 5) is 36.9. The van der Waals surface area contributed by atoms with Crippen molar-refractivity contribution in [3.63, 3.8) is 0 Å². The van der Waals surface area contributed by atoms with Gasteiger partial charge in [0.1, 0.15) is 11.9 Å². The van der Waals surface area contributed by atoms with Crippen LogP contribution in [0.25, 0.3) is 0 Å². The van der Waals surface area contributed by atoms with Crippen LogP contribution in [-0.4, -0.2) is 40.1 Å². The number of carbonyl (C=O) groups excluding carboxylic acids is 2. The molecule has 150 valence electrons. The van der Waals surface area contributed by atoms with Gasteiger partial charge >= 0.3 is 6.16 Å². The topological polar surface area (TPSA) is 99.0 Å². The van der Waals surface area contributed by atoms with E-state index < -0.39 is 11.1 Å². The zero-order valence-corrected chi connectivity index (χ0v) is 15.7. The van der Waals surface area contributed by atoms with E-state index in [1.807, 2.05) is 0 Å². The molecule has 0 aromatic heterocycles. The maximum absolute atomic E-state index is 12.5. The van der Waals surface area contributed by atoms with Crippen molar-refractivity contribution in [1.82, 2.24) is 4.90 Å². The first-order valence-electron chi connectivity index (χ1n) is 9.91. The minimum absolute atomic E-state index is 0.0459. The molecular formula is C20H24N2O6. The SMILES string of the molecule is O=C(Oc1ccc([N+](=O)[O-])cc1)O[C@H]1CC[C@@]23CCCN2C(=O)CCC[C@H]3C1. The van der Waals surface area contributed by atoms with Crippen LogP contribution in [0.15, 0.2) is 24.3 Å². The highest BCUT2D eigenvalue weighted by molar-refractivity contribution is 5.78. The Morgan fingerprint density at radius 3 is 2.71 bits per heavy atom. The average molecular weight is 388 g/mol. The van der Waals surface area contributed by atoms with Gasteiger partial charge in [-0.25, -0.2) is 4.79 Å². The Bertz CT molecular complexity index is 779. The fourth-order valence-electron chi connectivity index (χ4n) is 5.25. The lowest BCUT2D eigenvalue weighted by Crippen LogP contribution is -2.54. The van der Waals surface area contributed by atoms with Crippen LogP contribution in [0.1, 0.15) is 51.4 Å². The zero-order chi connectivity index (χ0) is 19.7. The third-order valence-electron chi connectivity index (χ3n) is 6.49. The summed E-state index contributed by atoms with van der Waals surface area (Å²) in [5.41, 5.74) is -0.113. The van der Waals surface area contributed by atoms with E-state index in [0.29, 0.717) is 12.3 Å². The summed E-state index contributed by atoms with van der Waals surface area (Å²) < 4.78 is 10.7. The van der Waals surface area contributed by atoms with Gasteiger partial charge in [-0.05, 0) is 63.0 Å². The predicted molar refractivity (Wildman–Crippen MR) is 98.9 cm³/mol. The first kappa shape index (κ1) is 18.7. The number of non-ortho nitro benzene ring substituents is 1. The monoisotopic (exact) mass is 388 g/mol. The van der Waals surface area contributed by atoms with Gasteiger partial charge < -0.3 is 14.4 Å². The average Bonchev–Trinajstić information content (AvgIpc) is 3.04. The molecular weight excluding hydrogens is 364 g/mol. The van der Waals surface area contributed by atoms with Crippen molar-refractivity contribution in [2.45, 2.75) is 63.0 Å². The number of nitrogens with zero attached hydrogens (tertiary/aromatic N) is 2. The molecule has 1 aromatic rings. The van der Waals surface area contributed by atoms with Gasteiger partial charge in [0.25, 0.3) is 5.69 Å². The first-order valence-corrected chi connectivity index (χ1v) is 9.91. The Morgan fingerprint density at radius 1 is 1.18 bits per heavy atom. The van der Waals surface area contributed by atoms with Crippen molar-refractivity contribution in [3.8, 4) is 5.75 Å².